The van der Waals surface area contributed by atoms with Gasteiger partial charge >= 0.3 is 0 Å². The van der Waals surface area contributed by atoms with Gasteiger partial charge in [0.25, 0.3) is 5.91 Å². The molecule has 1 atom stereocenters. The third-order valence-corrected chi connectivity index (χ3v) is 3.28. The number of carbonyl (C=O) groups is 1. The van der Waals surface area contributed by atoms with E-state index in [1.165, 1.54) is 6.42 Å². The molecular formula is C13H19N3O. The van der Waals surface area contributed by atoms with Crippen molar-refractivity contribution in [2.45, 2.75) is 33.1 Å². The first-order chi connectivity index (χ1) is 8.18. The van der Waals surface area contributed by atoms with Crippen LogP contribution in [0.3, 0.4) is 0 Å². The summed E-state index contributed by atoms with van der Waals surface area (Å²) in [4.78, 5) is 12.0. The van der Waals surface area contributed by atoms with Crippen LogP contribution < -0.4 is 5.32 Å². The zero-order valence-electron chi connectivity index (χ0n) is 10.4. The van der Waals surface area contributed by atoms with Gasteiger partial charge in [-0.3, -0.25) is 9.89 Å². The molecule has 1 unspecified atom stereocenters. The number of allylic oxidation sites excluding steroid dienone is 2. The van der Waals surface area contributed by atoms with Gasteiger partial charge in [-0.15, -0.1) is 0 Å². The van der Waals surface area contributed by atoms with E-state index in [9.17, 15) is 4.79 Å². The summed E-state index contributed by atoms with van der Waals surface area (Å²) < 4.78 is 0. The van der Waals surface area contributed by atoms with Crippen molar-refractivity contribution in [1.82, 2.24) is 15.5 Å². The lowest BCUT2D eigenvalue weighted by Crippen LogP contribution is -2.30. The monoisotopic (exact) mass is 233 g/mol. The minimum Gasteiger partial charge on any atom is -0.352 e. The van der Waals surface area contributed by atoms with Crippen molar-refractivity contribution in [3.05, 3.63) is 29.1 Å². The molecule has 0 fully saturated rings. The smallest absolute Gasteiger partial charge is 0.255 e. The minimum atomic E-state index is -0.0108. The van der Waals surface area contributed by atoms with Crippen LogP contribution >= 0.6 is 0 Å². The van der Waals surface area contributed by atoms with Crippen molar-refractivity contribution in [3.63, 3.8) is 0 Å². The molecular weight excluding hydrogens is 214 g/mol. The average molecular weight is 233 g/mol. The van der Waals surface area contributed by atoms with Crippen molar-refractivity contribution in [2.24, 2.45) is 5.92 Å². The summed E-state index contributed by atoms with van der Waals surface area (Å²) in [5.41, 5.74) is 2.29. The number of rotatable bonds is 3. The van der Waals surface area contributed by atoms with Gasteiger partial charge in [-0.1, -0.05) is 12.2 Å². The van der Waals surface area contributed by atoms with Gasteiger partial charge < -0.3 is 5.32 Å². The van der Waals surface area contributed by atoms with E-state index in [0.717, 1.165) is 30.8 Å². The fourth-order valence-electron chi connectivity index (χ4n) is 2.25. The lowest BCUT2D eigenvalue weighted by Gasteiger charge is -2.18. The molecule has 2 rings (SSSR count). The highest BCUT2D eigenvalue weighted by molar-refractivity contribution is 5.96. The predicted molar refractivity (Wildman–Crippen MR) is 66.9 cm³/mol. The van der Waals surface area contributed by atoms with Gasteiger partial charge in [0.05, 0.1) is 11.3 Å². The van der Waals surface area contributed by atoms with Gasteiger partial charge in [0.15, 0.2) is 0 Å². The minimum absolute atomic E-state index is 0.0108. The second kappa shape index (κ2) is 5.17. The van der Waals surface area contributed by atoms with E-state index in [2.05, 4.69) is 27.7 Å². The molecule has 0 saturated carbocycles. The summed E-state index contributed by atoms with van der Waals surface area (Å²) in [5, 5.41) is 9.87. The highest BCUT2D eigenvalue weighted by Crippen LogP contribution is 2.17. The molecule has 4 heteroatoms. The van der Waals surface area contributed by atoms with Crippen LogP contribution in [-0.4, -0.2) is 22.6 Å². The molecule has 17 heavy (non-hydrogen) atoms. The molecule has 1 heterocycles. The summed E-state index contributed by atoms with van der Waals surface area (Å²) in [5.74, 6) is 0.569. The molecule has 1 aromatic rings. The van der Waals surface area contributed by atoms with Gasteiger partial charge in [0.1, 0.15) is 0 Å². The van der Waals surface area contributed by atoms with Crippen molar-refractivity contribution in [1.29, 1.82) is 0 Å². The highest BCUT2D eigenvalue weighted by Gasteiger charge is 2.17. The van der Waals surface area contributed by atoms with Crippen LogP contribution in [0.4, 0.5) is 0 Å². The topological polar surface area (TPSA) is 57.8 Å². The summed E-state index contributed by atoms with van der Waals surface area (Å²) in [6.45, 7) is 4.48. The lowest BCUT2D eigenvalue weighted by atomic mass is 9.94. The molecule has 0 bridgehead atoms. The van der Waals surface area contributed by atoms with Gasteiger partial charge in [-0.05, 0) is 39.0 Å². The Labute approximate surface area is 101 Å². The van der Waals surface area contributed by atoms with Crippen LogP contribution in [-0.2, 0) is 0 Å². The Kier molecular flexibility index (Phi) is 3.61. The van der Waals surface area contributed by atoms with Crippen LogP contribution in [0.1, 0.15) is 41.0 Å². The molecule has 4 nitrogen and oxygen atoms in total. The number of aromatic amines is 1. The van der Waals surface area contributed by atoms with E-state index in [4.69, 9.17) is 0 Å². The quantitative estimate of drug-likeness (QED) is 0.786. The Bertz CT molecular complexity index is 414. The maximum Gasteiger partial charge on any atom is 0.255 e. The Balaban J connectivity index is 1.91. The van der Waals surface area contributed by atoms with Crippen LogP contribution in [0.15, 0.2) is 12.2 Å². The largest absolute Gasteiger partial charge is 0.352 e. The van der Waals surface area contributed by atoms with Gasteiger partial charge in [0.2, 0.25) is 0 Å². The molecule has 0 radical (unpaired) electrons. The number of nitrogens with one attached hydrogen (secondary N) is 2. The molecule has 1 aromatic heterocycles. The second-order valence-electron chi connectivity index (χ2n) is 4.67. The maximum atomic E-state index is 12.0. The molecule has 1 aliphatic carbocycles. The van der Waals surface area contributed by atoms with Crippen molar-refractivity contribution >= 4 is 5.91 Å². The Morgan fingerprint density at radius 1 is 1.53 bits per heavy atom. The highest BCUT2D eigenvalue weighted by atomic mass is 16.1. The van der Waals surface area contributed by atoms with Crippen molar-refractivity contribution in [2.75, 3.05) is 6.54 Å². The number of aromatic nitrogens is 2. The first kappa shape index (κ1) is 11.9. The summed E-state index contributed by atoms with van der Waals surface area (Å²) in [7, 11) is 0. The Morgan fingerprint density at radius 2 is 2.35 bits per heavy atom. The van der Waals surface area contributed by atoms with E-state index in [1.54, 1.807) is 0 Å². The number of nitrogens with zero attached hydrogens (tertiary/aromatic N) is 1. The molecule has 1 amide bonds. The van der Waals surface area contributed by atoms with E-state index in [-0.39, 0.29) is 5.91 Å². The SMILES string of the molecule is Cc1n[nH]c(C)c1C(=O)NCC1CC=CCC1. The zero-order valence-corrected chi connectivity index (χ0v) is 10.4. The van der Waals surface area contributed by atoms with Gasteiger partial charge in [-0.2, -0.15) is 5.10 Å². The second-order valence-corrected chi connectivity index (χ2v) is 4.67. The zero-order chi connectivity index (χ0) is 12.3. The van der Waals surface area contributed by atoms with Crippen LogP contribution in [0, 0.1) is 19.8 Å². The van der Waals surface area contributed by atoms with Crippen molar-refractivity contribution < 1.29 is 4.79 Å². The maximum absolute atomic E-state index is 12.0. The average Bonchev–Trinajstić information content (AvgIpc) is 2.67. The summed E-state index contributed by atoms with van der Waals surface area (Å²) in [6, 6.07) is 0. The fourth-order valence-corrected chi connectivity index (χ4v) is 2.25. The third kappa shape index (κ3) is 2.75. The summed E-state index contributed by atoms with van der Waals surface area (Å²) in [6.07, 6.45) is 7.78. The number of H-pyrrole nitrogens is 1. The van der Waals surface area contributed by atoms with E-state index >= 15 is 0 Å². The van der Waals surface area contributed by atoms with Crippen LogP contribution in [0.2, 0.25) is 0 Å². The van der Waals surface area contributed by atoms with Crippen molar-refractivity contribution in [3.8, 4) is 0 Å². The Morgan fingerprint density at radius 3 is 2.94 bits per heavy atom. The van der Waals surface area contributed by atoms with Crippen LogP contribution in [0.5, 0.6) is 0 Å². The number of amides is 1. The van der Waals surface area contributed by atoms with E-state index in [1.807, 2.05) is 13.8 Å². The van der Waals surface area contributed by atoms with E-state index < -0.39 is 0 Å². The first-order valence-electron chi connectivity index (χ1n) is 6.13. The van der Waals surface area contributed by atoms with Gasteiger partial charge in [-0.25, -0.2) is 0 Å². The standard InChI is InChI=1S/C13H19N3O/c1-9-12(10(2)16-15-9)13(17)14-8-11-6-4-3-5-7-11/h3-4,11H,5-8H2,1-2H3,(H,14,17)(H,15,16). The molecule has 0 saturated heterocycles. The number of hydrogen-bond acceptors (Lipinski definition) is 2. The van der Waals surface area contributed by atoms with Crippen LogP contribution in [0.25, 0.3) is 0 Å². The molecule has 0 spiro atoms. The fraction of sp³-hybridized carbons (Fsp3) is 0.538. The lowest BCUT2D eigenvalue weighted by molar-refractivity contribution is 0.0945. The molecule has 92 valence electrons. The van der Waals surface area contributed by atoms with E-state index in [0.29, 0.717) is 11.5 Å². The summed E-state index contributed by atoms with van der Waals surface area (Å²) >= 11 is 0. The number of hydrogen-bond donors (Lipinski definition) is 2. The molecule has 1 aliphatic rings. The number of aryl methyl sites for hydroxylation is 2. The third-order valence-electron chi connectivity index (χ3n) is 3.28. The first-order valence-corrected chi connectivity index (χ1v) is 6.13. The normalized spacial score (nSPS) is 19.3. The number of carbonyl (C=O) groups excluding carboxylic acids is 1. The van der Waals surface area contributed by atoms with Gasteiger partial charge in [0, 0.05) is 12.2 Å². The predicted octanol–water partition coefficient (Wildman–Crippen LogP) is 2.11. The molecule has 0 aromatic carbocycles. The Hall–Kier alpha value is -1.58. The molecule has 0 aliphatic heterocycles. The molecule has 2 N–H and O–H groups in total.